The molecule has 0 saturated carbocycles. The van der Waals surface area contributed by atoms with Gasteiger partial charge in [0.15, 0.2) is 0 Å². The van der Waals surface area contributed by atoms with Gasteiger partial charge in [-0.05, 0) is 0 Å². The van der Waals surface area contributed by atoms with Gasteiger partial charge in [0.25, 0.3) is 5.91 Å². The van der Waals surface area contributed by atoms with Gasteiger partial charge < -0.3 is 5.11 Å². The number of nitrogens with zero attached hydrogens (tertiary/aromatic N) is 1. The molecule has 0 saturated heterocycles. The number of hydrogen-bond acceptors (Lipinski definition) is 4. The molecule has 1 aliphatic heterocycles. The van der Waals surface area contributed by atoms with Gasteiger partial charge in [-0.3, -0.25) is 0 Å². The molecule has 0 aromatic heterocycles. The van der Waals surface area contributed by atoms with Crippen LogP contribution in [0, 0.1) is 11.8 Å². The Labute approximate surface area is 72.6 Å². The molecule has 0 aliphatic carbocycles. The summed E-state index contributed by atoms with van der Waals surface area (Å²) in [5.41, 5.74) is 2.63. The first-order valence-electron chi connectivity index (χ1n) is 4.22. The molecule has 2 N–H and O–H groups in total. The van der Waals surface area contributed by atoms with Gasteiger partial charge in [0.1, 0.15) is 5.84 Å². The minimum atomic E-state index is -1.38. The first-order chi connectivity index (χ1) is 5.46. The first kappa shape index (κ1) is 9.48. The molecule has 0 bridgehead atoms. The van der Waals surface area contributed by atoms with Crippen LogP contribution in [-0.2, 0) is 4.84 Å². The average Bonchev–Trinajstić information content (AvgIpc) is 2.33. The molecule has 0 aromatic rings. The topological polar surface area (TPSA) is 53.9 Å². The Kier molecular flexibility index (Phi) is 2.39. The summed E-state index contributed by atoms with van der Waals surface area (Å²) in [7, 11) is 0. The van der Waals surface area contributed by atoms with E-state index in [-0.39, 0.29) is 11.8 Å². The molecule has 4 heteroatoms. The van der Waals surface area contributed by atoms with Gasteiger partial charge in [-0.25, -0.2) is 15.3 Å². The summed E-state index contributed by atoms with van der Waals surface area (Å²) in [5, 5.41) is 9.72. The molecular weight excluding hydrogens is 156 g/mol. The quantitative estimate of drug-likeness (QED) is 0.650. The van der Waals surface area contributed by atoms with E-state index in [1.165, 1.54) is 0 Å². The molecule has 0 aromatic carbocycles. The van der Waals surface area contributed by atoms with Gasteiger partial charge >= 0.3 is 0 Å². The van der Waals surface area contributed by atoms with E-state index < -0.39 is 5.91 Å². The van der Waals surface area contributed by atoms with E-state index in [4.69, 9.17) is 4.84 Å². The Morgan fingerprint density at radius 3 is 2.25 bits per heavy atom. The van der Waals surface area contributed by atoms with Gasteiger partial charge in [0, 0.05) is 11.8 Å². The summed E-state index contributed by atoms with van der Waals surface area (Å²) in [6.45, 7) is 7.69. The smallest absolute Gasteiger partial charge is 0.293 e. The fraction of sp³-hybridized carbons (Fsp3) is 0.875. The van der Waals surface area contributed by atoms with E-state index in [1.807, 2.05) is 27.7 Å². The largest absolute Gasteiger partial charge is 0.346 e. The van der Waals surface area contributed by atoms with E-state index in [2.05, 4.69) is 10.5 Å². The Hall–Kier alpha value is -0.610. The van der Waals surface area contributed by atoms with Crippen LogP contribution in [-0.4, -0.2) is 16.9 Å². The van der Waals surface area contributed by atoms with Crippen molar-refractivity contribution in [3.05, 3.63) is 0 Å². The van der Waals surface area contributed by atoms with Crippen molar-refractivity contribution < 1.29 is 9.94 Å². The van der Waals surface area contributed by atoms with Crippen LogP contribution in [0.1, 0.15) is 27.7 Å². The van der Waals surface area contributed by atoms with Crippen LogP contribution in [0.4, 0.5) is 0 Å². The standard InChI is InChI=1S/C8H16N2O2/c1-5(2)7-9-8(11,6(3)4)12-10-7/h5-6,11H,1-4H3,(H,9,10). The van der Waals surface area contributed by atoms with Crippen molar-refractivity contribution in [2.45, 2.75) is 33.6 Å². The number of aliphatic imine (C=N–C) groups is 1. The lowest BCUT2D eigenvalue weighted by Gasteiger charge is -2.20. The Morgan fingerprint density at radius 1 is 1.42 bits per heavy atom. The van der Waals surface area contributed by atoms with Gasteiger partial charge in [-0.15, -0.1) is 0 Å². The average molecular weight is 172 g/mol. The van der Waals surface area contributed by atoms with Crippen LogP contribution in [0.3, 0.4) is 0 Å². The predicted octanol–water partition coefficient (Wildman–Crippen LogP) is 0.878. The number of rotatable bonds is 2. The molecular formula is C8H16N2O2. The second-order valence-electron chi connectivity index (χ2n) is 3.67. The lowest BCUT2D eigenvalue weighted by Crippen LogP contribution is -2.35. The van der Waals surface area contributed by atoms with Crippen LogP contribution < -0.4 is 5.48 Å². The third kappa shape index (κ3) is 1.59. The first-order valence-corrected chi connectivity index (χ1v) is 4.22. The number of aliphatic hydroxyl groups is 1. The van der Waals surface area contributed by atoms with Crippen molar-refractivity contribution in [2.24, 2.45) is 16.8 Å². The molecule has 4 nitrogen and oxygen atoms in total. The molecule has 1 atom stereocenters. The highest BCUT2D eigenvalue weighted by atomic mass is 16.8. The molecule has 0 fully saturated rings. The normalized spacial score (nSPS) is 29.4. The Morgan fingerprint density at radius 2 is 2.00 bits per heavy atom. The van der Waals surface area contributed by atoms with E-state index in [1.54, 1.807) is 0 Å². The lowest BCUT2D eigenvalue weighted by atomic mass is 10.1. The number of nitrogens with one attached hydrogen (secondary N) is 1. The van der Waals surface area contributed by atoms with Crippen molar-refractivity contribution in [1.29, 1.82) is 0 Å². The minimum Gasteiger partial charge on any atom is -0.346 e. The zero-order valence-corrected chi connectivity index (χ0v) is 7.96. The highest BCUT2D eigenvalue weighted by molar-refractivity contribution is 5.84. The summed E-state index contributed by atoms with van der Waals surface area (Å²) in [6.07, 6.45) is 0. The maximum Gasteiger partial charge on any atom is 0.293 e. The van der Waals surface area contributed by atoms with E-state index in [0.717, 1.165) is 0 Å². The highest BCUT2D eigenvalue weighted by Crippen LogP contribution is 2.24. The zero-order chi connectivity index (χ0) is 9.35. The second kappa shape index (κ2) is 3.03. The molecule has 1 aliphatic rings. The van der Waals surface area contributed by atoms with Crippen molar-refractivity contribution in [3.8, 4) is 0 Å². The third-order valence-electron chi connectivity index (χ3n) is 1.89. The van der Waals surface area contributed by atoms with Crippen molar-refractivity contribution >= 4 is 5.84 Å². The molecule has 1 heterocycles. The maximum absolute atomic E-state index is 9.72. The maximum atomic E-state index is 9.72. The fourth-order valence-electron chi connectivity index (χ4n) is 0.840. The van der Waals surface area contributed by atoms with Crippen molar-refractivity contribution in [1.82, 2.24) is 5.48 Å². The van der Waals surface area contributed by atoms with Gasteiger partial charge in [-0.1, -0.05) is 27.7 Å². The third-order valence-corrected chi connectivity index (χ3v) is 1.89. The van der Waals surface area contributed by atoms with Crippen molar-refractivity contribution in [2.75, 3.05) is 0 Å². The van der Waals surface area contributed by atoms with Crippen molar-refractivity contribution in [3.63, 3.8) is 0 Å². The van der Waals surface area contributed by atoms with Gasteiger partial charge in [-0.2, -0.15) is 0 Å². The molecule has 0 spiro atoms. The molecule has 0 radical (unpaired) electrons. The summed E-state index contributed by atoms with van der Waals surface area (Å²) >= 11 is 0. The van der Waals surface area contributed by atoms with E-state index in [9.17, 15) is 5.11 Å². The minimum absolute atomic E-state index is 0.0544. The number of hydrogen-bond donors (Lipinski definition) is 2. The van der Waals surface area contributed by atoms with Crippen LogP contribution in [0.5, 0.6) is 0 Å². The summed E-state index contributed by atoms with van der Waals surface area (Å²) in [4.78, 5) is 9.04. The molecule has 12 heavy (non-hydrogen) atoms. The SMILES string of the molecule is CC(C)C1=NC(O)(C(C)C)ON1. The van der Waals surface area contributed by atoms with E-state index >= 15 is 0 Å². The number of hydroxylamine groups is 1. The molecule has 70 valence electrons. The molecule has 1 unspecified atom stereocenters. The second-order valence-corrected chi connectivity index (χ2v) is 3.67. The van der Waals surface area contributed by atoms with Crippen LogP contribution in [0.15, 0.2) is 4.99 Å². The van der Waals surface area contributed by atoms with E-state index in [0.29, 0.717) is 5.84 Å². The Bertz CT molecular complexity index is 201. The molecule has 0 amide bonds. The van der Waals surface area contributed by atoms with Gasteiger partial charge in [0.2, 0.25) is 0 Å². The zero-order valence-electron chi connectivity index (χ0n) is 7.96. The summed E-state index contributed by atoms with van der Waals surface area (Å²) in [5.74, 6) is -0.482. The van der Waals surface area contributed by atoms with Crippen LogP contribution in [0.25, 0.3) is 0 Å². The van der Waals surface area contributed by atoms with Crippen LogP contribution >= 0.6 is 0 Å². The summed E-state index contributed by atoms with van der Waals surface area (Å²) < 4.78 is 0. The molecule has 1 rings (SSSR count). The van der Waals surface area contributed by atoms with Gasteiger partial charge in [0.05, 0.1) is 0 Å². The van der Waals surface area contributed by atoms with Crippen LogP contribution in [0.2, 0.25) is 0 Å². The summed E-state index contributed by atoms with van der Waals surface area (Å²) in [6, 6.07) is 0. The highest BCUT2D eigenvalue weighted by Gasteiger charge is 2.38. The fourth-order valence-corrected chi connectivity index (χ4v) is 0.840. The Balaban J connectivity index is 2.75. The lowest BCUT2D eigenvalue weighted by molar-refractivity contribution is -0.230. The number of amidine groups is 1. The predicted molar refractivity (Wildman–Crippen MR) is 46.3 cm³/mol. The monoisotopic (exact) mass is 172 g/mol.